The van der Waals surface area contributed by atoms with Gasteiger partial charge in [0, 0.05) is 23.8 Å². The lowest BCUT2D eigenvalue weighted by Gasteiger charge is -2.09. The summed E-state index contributed by atoms with van der Waals surface area (Å²) in [5.41, 5.74) is 1.10. The van der Waals surface area contributed by atoms with Gasteiger partial charge >= 0.3 is 0 Å². The molecule has 19 heavy (non-hydrogen) atoms. The highest BCUT2D eigenvalue weighted by molar-refractivity contribution is 6.31. The van der Waals surface area contributed by atoms with Crippen LogP contribution >= 0.6 is 11.6 Å². The molecule has 2 aromatic rings. The summed E-state index contributed by atoms with van der Waals surface area (Å²) < 4.78 is 5.68. The molecule has 98 valence electrons. The molecule has 1 aliphatic carbocycles. The first kappa shape index (κ1) is 12.5. The van der Waals surface area contributed by atoms with Gasteiger partial charge in [0.15, 0.2) is 0 Å². The van der Waals surface area contributed by atoms with Gasteiger partial charge in [0.05, 0.1) is 6.20 Å². The van der Waals surface area contributed by atoms with E-state index >= 15 is 0 Å². The topological polar surface area (TPSA) is 34.1 Å². The number of hydrogen-bond acceptors (Lipinski definition) is 3. The molecule has 1 fully saturated rings. The van der Waals surface area contributed by atoms with E-state index in [1.807, 2.05) is 30.3 Å². The molecule has 0 spiro atoms. The van der Waals surface area contributed by atoms with Crippen LogP contribution in [-0.2, 0) is 6.54 Å². The van der Waals surface area contributed by atoms with Gasteiger partial charge in [-0.2, -0.15) is 0 Å². The third-order valence-electron chi connectivity index (χ3n) is 3.05. The molecule has 1 aliphatic rings. The van der Waals surface area contributed by atoms with Gasteiger partial charge in [-0.15, -0.1) is 0 Å². The predicted molar refractivity (Wildman–Crippen MR) is 75.6 cm³/mol. The lowest BCUT2D eigenvalue weighted by molar-refractivity contribution is 0.480. The highest BCUT2D eigenvalue weighted by Crippen LogP contribution is 2.27. The molecular formula is C15H15ClN2O. The number of pyridine rings is 1. The monoisotopic (exact) mass is 274 g/mol. The Kier molecular flexibility index (Phi) is 3.67. The quantitative estimate of drug-likeness (QED) is 0.901. The van der Waals surface area contributed by atoms with Crippen LogP contribution < -0.4 is 10.1 Å². The highest BCUT2D eigenvalue weighted by atomic mass is 35.5. The van der Waals surface area contributed by atoms with Crippen LogP contribution in [0.25, 0.3) is 0 Å². The van der Waals surface area contributed by atoms with E-state index in [9.17, 15) is 0 Å². The molecule has 1 saturated carbocycles. The number of halogens is 1. The van der Waals surface area contributed by atoms with E-state index in [0.29, 0.717) is 11.8 Å². The van der Waals surface area contributed by atoms with E-state index in [2.05, 4.69) is 10.3 Å². The molecule has 3 rings (SSSR count). The van der Waals surface area contributed by atoms with Crippen molar-refractivity contribution in [3.05, 3.63) is 53.3 Å². The minimum atomic E-state index is 0.683. The SMILES string of the molecule is Clc1cc(Oc2cccnc2)ccc1CNC1CC1. The van der Waals surface area contributed by atoms with Crippen LogP contribution in [0.15, 0.2) is 42.7 Å². The fourth-order valence-electron chi connectivity index (χ4n) is 1.82. The van der Waals surface area contributed by atoms with Crippen LogP contribution in [0.2, 0.25) is 5.02 Å². The van der Waals surface area contributed by atoms with Gasteiger partial charge in [0.25, 0.3) is 0 Å². The lowest BCUT2D eigenvalue weighted by Crippen LogP contribution is -2.15. The van der Waals surface area contributed by atoms with Crippen LogP contribution in [-0.4, -0.2) is 11.0 Å². The van der Waals surface area contributed by atoms with Crippen molar-refractivity contribution in [1.82, 2.24) is 10.3 Å². The number of hydrogen-bond donors (Lipinski definition) is 1. The maximum atomic E-state index is 6.26. The number of nitrogens with one attached hydrogen (secondary N) is 1. The molecule has 0 radical (unpaired) electrons. The molecule has 0 saturated heterocycles. The first-order chi connectivity index (χ1) is 9.31. The molecule has 0 aliphatic heterocycles. The maximum absolute atomic E-state index is 6.26. The van der Waals surface area contributed by atoms with E-state index in [-0.39, 0.29) is 0 Å². The molecule has 1 N–H and O–H groups in total. The fourth-order valence-corrected chi connectivity index (χ4v) is 2.06. The van der Waals surface area contributed by atoms with Crippen LogP contribution in [0.4, 0.5) is 0 Å². The zero-order chi connectivity index (χ0) is 13.1. The second-order valence-corrected chi connectivity index (χ2v) is 5.11. The highest BCUT2D eigenvalue weighted by Gasteiger charge is 2.20. The molecule has 0 unspecified atom stereocenters. The van der Waals surface area contributed by atoms with E-state index < -0.39 is 0 Å². The molecule has 0 amide bonds. The second kappa shape index (κ2) is 5.59. The van der Waals surface area contributed by atoms with Crippen LogP contribution in [0.1, 0.15) is 18.4 Å². The Bertz CT molecular complexity index is 555. The number of aromatic nitrogens is 1. The largest absolute Gasteiger partial charge is 0.456 e. The summed E-state index contributed by atoms with van der Waals surface area (Å²) in [6.45, 7) is 0.816. The molecule has 1 heterocycles. The normalized spacial score (nSPS) is 14.4. The molecule has 1 aromatic heterocycles. The van der Waals surface area contributed by atoms with Crippen molar-refractivity contribution >= 4 is 11.6 Å². The lowest BCUT2D eigenvalue weighted by atomic mass is 10.2. The maximum Gasteiger partial charge on any atom is 0.145 e. The van der Waals surface area contributed by atoms with Gasteiger partial charge in [0.1, 0.15) is 11.5 Å². The average Bonchev–Trinajstić information content (AvgIpc) is 3.23. The van der Waals surface area contributed by atoms with E-state index in [0.717, 1.165) is 22.9 Å². The Morgan fingerprint density at radius 1 is 1.26 bits per heavy atom. The first-order valence-corrected chi connectivity index (χ1v) is 6.79. The Hall–Kier alpha value is -1.58. The summed E-state index contributed by atoms with van der Waals surface area (Å²) in [6, 6.07) is 10.2. The summed E-state index contributed by atoms with van der Waals surface area (Å²) >= 11 is 6.26. The Morgan fingerprint density at radius 3 is 2.84 bits per heavy atom. The van der Waals surface area contributed by atoms with Crippen molar-refractivity contribution in [3.63, 3.8) is 0 Å². The van der Waals surface area contributed by atoms with Gasteiger partial charge < -0.3 is 10.1 Å². The van der Waals surface area contributed by atoms with Gasteiger partial charge in [-0.25, -0.2) is 0 Å². The Balaban J connectivity index is 1.67. The molecule has 3 nitrogen and oxygen atoms in total. The van der Waals surface area contributed by atoms with Gasteiger partial charge in [-0.05, 0) is 42.7 Å². The van der Waals surface area contributed by atoms with Crippen LogP contribution in [0.5, 0.6) is 11.5 Å². The minimum Gasteiger partial charge on any atom is -0.456 e. The Labute approximate surface area is 117 Å². The third-order valence-corrected chi connectivity index (χ3v) is 3.41. The molecular weight excluding hydrogens is 260 g/mol. The predicted octanol–water partition coefficient (Wildman–Crippen LogP) is 3.78. The first-order valence-electron chi connectivity index (χ1n) is 6.41. The van der Waals surface area contributed by atoms with Crippen molar-refractivity contribution in [2.45, 2.75) is 25.4 Å². The summed E-state index contributed by atoms with van der Waals surface area (Å²) in [6.07, 6.45) is 5.95. The summed E-state index contributed by atoms with van der Waals surface area (Å²) in [7, 11) is 0. The summed E-state index contributed by atoms with van der Waals surface area (Å²) in [5, 5.41) is 4.18. The summed E-state index contributed by atoms with van der Waals surface area (Å²) in [4.78, 5) is 4.01. The summed E-state index contributed by atoms with van der Waals surface area (Å²) in [5.74, 6) is 1.44. The smallest absolute Gasteiger partial charge is 0.145 e. The van der Waals surface area contributed by atoms with Gasteiger partial charge in [0.2, 0.25) is 0 Å². The van der Waals surface area contributed by atoms with E-state index in [1.54, 1.807) is 12.4 Å². The zero-order valence-electron chi connectivity index (χ0n) is 10.5. The fraction of sp³-hybridized carbons (Fsp3) is 0.267. The average molecular weight is 275 g/mol. The molecule has 4 heteroatoms. The van der Waals surface area contributed by atoms with Crippen molar-refractivity contribution in [3.8, 4) is 11.5 Å². The number of benzene rings is 1. The number of ether oxygens (including phenoxy) is 1. The standard InChI is InChI=1S/C15H15ClN2O/c16-15-8-13(19-14-2-1-7-17-10-14)6-3-11(15)9-18-12-4-5-12/h1-3,6-8,10,12,18H,4-5,9H2. The second-order valence-electron chi connectivity index (χ2n) is 4.70. The number of nitrogens with zero attached hydrogens (tertiary/aromatic N) is 1. The number of rotatable bonds is 5. The van der Waals surface area contributed by atoms with Crippen molar-refractivity contribution in [2.75, 3.05) is 0 Å². The van der Waals surface area contributed by atoms with Crippen molar-refractivity contribution < 1.29 is 4.74 Å². The van der Waals surface area contributed by atoms with Gasteiger partial charge in [-0.3, -0.25) is 4.98 Å². The van der Waals surface area contributed by atoms with E-state index in [1.165, 1.54) is 12.8 Å². The van der Waals surface area contributed by atoms with E-state index in [4.69, 9.17) is 16.3 Å². The van der Waals surface area contributed by atoms with Gasteiger partial charge in [-0.1, -0.05) is 17.7 Å². The van der Waals surface area contributed by atoms with Crippen LogP contribution in [0.3, 0.4) is 0 Å². The zero-order valence-corrected chi connectivity index (χ0v) is 11.2. The Morgan fingerprint density at radius 2 is 2.16 bits per heavy atom. The molecule has 0 bridgehead atoms. The molecule has 1 aromatic carbocycles. The van der Waals surface area contributed by atoms with Crippen LogP contribution in [0, 0.1) is 0 Å². The minimum absolute atomic E-state index is 0.683. The van der Waals surface area contributed by atoms with Crippen molar-refractivity contribution in [2.24, 2.45) is 0 Å². The van der Waals surface area contributed by atoms with Crippen molar-refractivity contribution in [1.29, 1.82) is 0 Å². The molecule has 0 atom stereocenters. The third kappa shape index (κ3) is 3.46.